The Bertz CT molecular complexity index is 1530. The summed E-state index contributed by atoms with van der Waals surface area (Å²) >= 11 is 0. The smallest absolute Gasteiger partial charge is 0.220 e. The van der Waals surface area contributed by atoms with Crippen LogP contribution in [-0.2, 0) is 14.3 Å². The standard InChI is InChI=1S/C65H111NO8/c1-3-5-7-9-11-13-15-17-19-21-23-25-27-29-30-31-33-35-37-39-41-43-45-47-49-51-53-55-61(69)66-58(57-73-65-64(72)63(71)62(70)60(56-67)74-65)59(68)54-52-50-48-46-44-42-40-38-36-34-32-28-26-24-22-20-18-16-14-12-10-8-6-4-2/h5,7,11,13,17,19,23,25,29-30,33,35-36,38,44,46,52,54,58-60,62-65,67-68,70-72H,3-4,6,8-10,12,14-16,18,20-22,24,26-28,31-32,34,37,39-43,45,47-51,53,55-57H2,1-2H3,(H,66,69)/b7-5-,13-11-,19-17-,25-23-,30-29-,35-33-,38-36+,46-44+,54-52+. The van der Waals surface area contributed by atoms with E-state index in [9.17, 15) is 30.3 Å². The van der Waals surface area contributed by atoms with Crippen LogP contribution in [0.5, 0.6) is 0 Å². The fraction of sp³-hybridized carbons (Fsp3) is 0.708. The Morgan fingerprint density at radius 2 is 0.851 bits per heavy atom. The second-order valence-electron chi connectivity index (χ2n) is 20.4. The van der Waals surface area contributed by atoms with Crippen LogP contribution in [0.2, 0.25) is 0 Å². The predicted octanol–water partition coefficient (Wildman–Crippen LogP) is 15.3. The minimum Gasteiger partial charge on any atom is -0.394 e. The number of allylic oxidation sites excluding steroid dienone is 17. The monoisotopic (exact) mass is 1030 g/mol. The van der Waals surface area contributed by atoms with E-state index < -0.39 is 49.5 Å². The van der Waals surface area contributed by atoms with Crippen molar-refractivity contribution >= 4 is 5.91 Å². The molecule has 9 heteroatoms. The lowest BCUT2D eigenvalue weighted by atomic mass is 9.99. The van der Waals surface area contributed by atoms with Gasteiger partial charge in [-0.05, 0) is 96.3 Å². The highest BCUT2D eigenvalue weighted by atomic mass is 16.7. The maximum atomic E-state index is 13.1. The first-order valence-corrected chi connectivity index (χ1v) is 30.1. The van der Waals surface area contributed by atoms with Crippen molar-refractivity contribution in [3.05, 3.63) is 109 Å². The van der Waals surface area contributed by atoms with Gasteiger partial charge in [0.1, 0.15) is 24.4 Å². The SMILES string of the molecule is CC/C=C\C/C=C\C/C=C\C/C=C\C/C=C\C/C=C\CCCCCCCCCCC(=O)NC(COC1OC(CO)C(O)C(O)C1O)C(O)/C=C/CC/C=C/CC/C=C/CCCCCCCCCCCCCCCC. The van der Waals surface area contributed by atoms with Gasteiger partial charge in [-0.2, -0.15) is 0 Å². The molecule has 0 spiro atoms. The zero-order chi connectivity index (χ0) is 53.6. The van der Waals surface area contributed by atoms with Crippen molar-refractivity contribution in [1.82, 2.24) is 5.32 Å². The van der Waals surface area contributed by atoms with Crippen LogP contribution in [0, 0.1) is 0 Å². The lowest BCUT2D eigenvalue weighted by Crippen LogP contribution is -2.60. The average molecular weight is 1030 g/mol. The molecule has 0 aromatic rings. The first-order chi connectivity index (χ1) is 36.3. The number of hydrogen-bond donors (Lipinski definition) is 6. The molecular weight excluding hydrogens is 923 g/mol. The molecule has 1 fully saturated rings. The van der Waals surface area contributed by atoms with Crippen molar-refractivity contribution in [3.8, 4) is 0 Å². The number of ether oxygens (including phenoxy) is 2. The molecule has 74 heavy (non-hydrogen) atoms. The van der Waals surface area contributed by atoms with Crippen molar-refractivity contribution in [2.45, 2.75) is 281 Å². The Hall–Kier alpha value is -3.15. The Kier molecular flexibility index (Phi) is 49.6. The highest BCUT2D eigenvalue weighted by Crippen LogP contribution is 2.23. The average Bonchev–Trinajstić information content (AvgIpc) is 3.40. The van der Waals surface area contributed by atoms with E-state index in [1.165, 1.54) is 116 Å². The van der Waals surface area contributed by atoms with Crippen molar-refractivity contribution < 1.29 is 39.8 Å². The van der Waals surface area contributed by atoms with Gasteiger partial charge in [0.2, 0.25) is 5.91 Å². The van der Waals surface area contributed by atoms with Gasteiger partial charge in [0, 0.05) is 6.42 Å². The second-order valence-corrected chi connectivity index (χ2v) is 20.4. The van der Waals surface area contributed by atoms with E-state index in [0.717, 1.165) is 103 Å². The number of hydrogen-bond acceptors (Lipinski definition) is 8. The zero-order valence-electron chi connectivity index (χ0n) is 47.1. The van der Waals surface area contributed by atoms with Gasteiger partial charge in [0.05, 0.1) is 25.4 Å². The minimum absolute atomic E-state index is 0.203. The minimum atomic E-state index is -1.58. The van der Waals surface area contributed by atoms with Crippen LogP contribution in [0.15, 0.2) is 109 Å². The molecule has 1 aliphatic heterocycles. The Morgan fingerprint density at radius 3 is 1.30 bits per heavy atom. The van der Waals surface area contributed by atoms with Crippen LogP contribution >= 0.6 is 0 Å². The second kappa shape index (κ2) is 53.3. The third-order valence-electron chi connectivity index (χ3n) is 13.6. The summed E-state index contributed by atoms with van der Waals surface area (Å²) in [6.45, 7) is 3.64. The summed E-state index contributed by atoms with van der Waals surface area (Å²) in [5.41, 5.74) is 0. The topological polar surface area (TPSA) is 149 Å². The van der Waals surface area contributed by atoms with Crippen LogP contribution in [0.4, 0.5) is 0 Å². The molecule has 1 amide bonds. The van der Waals surface area contributed by atoms with Crippen LogP contribution in [-0.4, -0.2) is 87.5 Å². The fourth-order valence-electron chi connectivity index (χ4n) is 8.84. The maximum absolute atomic E-state index is 13.1. The summed E-state index contributed by atoms with van der Waals surface area (Å²) in [6, 6.07) is -0.842. The highest BCUT2D eigenvalue weighted by molar-refractivity contribution is 5.76. The van der Waals surface area contributed by atoms with Crippen LogP contribution < -0.4 is 5.32 Å². The molecule has 1 aliphatic rings. The van der Waals surface area contributed by atoms with E-state index in [-0.39, 0.29) is 12.5 Å². The van der Waals surface area contributed by atoms with Gasteiger partial charge in [0.15, 0.2) is 6.29 Å². The summed E-state index contributed by atoms with van der Waals surface area (Å²) in [7, 11) is 0. The van der Waals surface area contributed by atoms with Gasteiger partial charge in [-0.25, -0.2) is 0 Å². The lowest BCUT2D eigenvalue weighted by Gasteiger charge is -2.40. The van der Waals surface area contributed by atoms with Crippen LogP contribution in [0.1, 0.15) is 239 Å². The molecule has 0 aliphatic carbocycles. The molecule has 1 saturated heterocycles. The van der Waals surface area contributed by atoms with Gasteiger partial charge in [-0.1, -0.05) is 245 Å². The van der Waals surface area contributed by atoms with E-state index in [2.05, 4.69) is 116 Å². The number of aliphatic hydroxyl groups excluding tert-OH is 5. The molecule has 9 nitrogen and oxygen atoms in total. The first-order valence-electron chi connectivity index (χ1n) is 30.1. The maximum Gasteiger partial charge on any atom is 0.220 e. The number of carbonyl (C=O) groups is 1. The largest absolute Gasteiger partial charge is 0.394 e. The number of aliphatic hydroxyl groups is 5. The van der Waals surface area contributed by atoms with E-state index >= 15 is 0 Å². The van der Waals surface area contributed by atoms with Gasteiger partial charge in [0.25, 0.3) is 0 Å². The van der Waals surface area contributed by atoms with Crippen molar-refractivity contribution in [2.75, 3.05) is 13.2 Å². The van der Waals surface area contributed by atoms with Crippen LogP contribution in [0.25, 0.3) is 0 Å². The summed E-state index contributed by atoms with van der Waals surface area (Å²) in [6.07, 6.45) is 71.5. The zero-order valence-corrected chi connectivity index (χ0v) is 47.1. The van der Waals surface area contributed by atoms with E-state index in [0.29, 0.717) is 6.42 Å². The molecule has 424 valence electrons. The third kappa shape index (κ3) is 42.0. The molecule has 7 unspecified atom stereocenters. The quantitative estimate of drug-likeness (QED) is 0.0261. The molecule has 6 N–H and O–H groups in total. The van der Waals surface area contributed by atoms with Crippen LogP contribution in [0.3, 0.4) is 0 Å². The van der Waals surface area contributed by atoms with Gasteiger partial charge in [-0.3, -0.25) is 4.79 Å². The molecule has 0 radical (unpaired) electrons. The molecule has 0 saturated carbocycles. The fourth-order valence-corrected chi connectivity index (χ4v) is 8.84. The van der Waals surface area contributed by atoms with Crippen molar-refractivity contribution in [2.24, 2.45) is 0 Å². The number of rotatable bonds is 50. The first kappa shape index (κ1) is 68.9. The molecule has 1 heterocycles. The number of unbranched alkanes of at least 4 members (excludes halogenated alkanes) is 24. The van der Waals surface area contributed by atoms with Gasteiger partial charge in [-0.15, -0.1) is 0 Å². The van der Waals surface area contributed by atoms with E-state index in [1.807, 2.05) is 6.08 Å². The molecule has 0 aromatic heterocycles. The van der Waals surface area contributed by atoms with Crippen molar-refractivity contribution in [1.29, 1.82) is 0 Å². The number of nitrogens with one attached hydrogen (secondary N) is 1. The van der Waals surface area contributed by atoms with Gasteiger partial charge < -0.3 is 40.3 Å². The summed E-state index contributed by atoms with van der Waals surface area (Å²) < 4.78 is 11.3. The highest BCUT2D eigenvalue weighted by Gasteiger charge is 2.44. The predicted molar refractivity (Wildman–Crippen MR) is 313 cm³/mol. The Balaban J connectivity index is 2.27. The molecule has 1 rings (SSSR count). The van der Waals surface area contributed by atoms with Crippen molar-refractivity contribution in [3.63, 3.8) is 0 Å². The Morgan fingerprint density at radius 1 is 0.473 bits per heavy atom. The normalized spacial score (nSPS) is 19.8. The molecule has 7 atom stereocenters. The molecule has 0 bridgehead atoms. The lowest BCUT2D eigenvalue weighted by molar-refractivity contribution is -0.302. The molecule has 0 aromatic carbocycles. The number of carbonyl (C=O) groups excluding carboxylic acids is 1. The summed E-state index contributed by atoms with van der Waals surface area (Å²) in [5.74, 6) is -0.203. The van der Waals surface area contributed by atoms with Gasteiger partial charge >= 0.3 is 0 Å². The molecular formula is C65H111NO8. The van der Waals surface area contributed by atoms with E-state index in [4.69, 9.17) is 9.47 Å². The summed E-state index contributed by atoms with van der Waals surface area (Å²) in [5, 5.41) is 54.5. The van der Waals surface area contributed by atoms with E-state index in [1.54, 1.807) is 6.08 Å². The summed E-state index contributed by atoms with van der Waals surface area (Å²) in [4.78, 5) is 13.1. The number of amides is 1. The third-order valence-corrected chi connectivity index (χ3v) is 13.6. The Labute approximate surface area is 453 Å².